The van der Waals surface area contributed by atoms with Gasteiger partial charge in [0.15, 0.2) is 0 Å². The van der Waals surface area contributed by atoms with Crippen LogP contribution in [0.1, 0.15) is 13.3 Å². The minimum atomic E-state index is 0.260. The van der Waals surface area contributed by atoms with Crippen molar-refractivity contribution in [3.05, 3.63) is 0 Å². The molecule has 1 saturated heterocycles. The lowest BCUT2D eigenvalue weighted by Crippen LogP contribution is -2.23. The summed E-state index contributed by atoms with van der Waals surface area (Å²) in [6, 6.07) is 0. The Labute approximate surface area is 67.5 Å². The van der Waals surface area contributed by atoms with Crippen LogP contribution in [0.3, 0.4) is 0 Å². The van der Waals surface area contributed by atoms with Crippen molar-refractivity contribution in [1.82, 2.24) is 4.90 Å². The van der Waals surface area contributed by atoms with Gasteiger partial charge in [-0.3, -0.25) is 4.79 Å². The Morgan fingerprint density at radius 3 is 2.82 bits per heavy atom. The number of nitrogens with two attached hydrogens (primary N) is 1. The van der Waals surface area contributed by atoms with Crippen LogP contribution in [0.5, 0.6) is 0 Å². The molecule has 64 valence electrons. The molecular formula is C8H16N2O. The molecule has 2 unspecified atom stereocenters. The van der Waals surface area contributed by atoms with E-state index in [1.807, 2.05) is 7.05 Å². The Morgan fingerprint density at radius 2 is 2.45 bits per heavy atom. The number of amides is 1. The predicted octanol–water partition coefficient (Wildman–Crippen LogP) is 0.0595. The second-order valence-corrected chi connectivity index (χ2v) is 3.45. The third-order valence-electron chi connectivity index (χ3n) is 2.55. The van der Waals surface area contributed by atoms with Crippen molar-refractivity contribution < 1.29 is 4.79 Å². The number of nitrogens with zero attached hydrogens (tertiary/aromatic N) is 1. The number of carbonyl (C=O) groups is 1. The van der Waals surface area contributed by atoms with Gasteiger partial charge in [0.2, 0.25) is 5.91 Å². The van der Waals surface area contributed by atoms with Gasteiger partial charge in [-0.2, -0.15) is 0 Å². The van der Waals surface area contributed by atoms with Crippen molar-refractivity contribution in [3.63, 3.8) is 0 Å². The first-order chi connectivity index (χ1) is 5.15. The van der Waals surface area contributed by atoms with E-state index in [-0.39, 0.29) is 5.91 Å². The first kappa shape index (κ1) is 8.53. The van der Waals surface area contributed by atoms with Gasteiger partial charge >= 0.3 is 0 Å². The summed E-state index contributed by atoms with van der Waals surface area (Å²) in [6.07, 6.45) is 0.689. The lowest BCUT2D eigenvalue weighted by molar-refractivity contribution is -0.126. The van der Waals surface area contributed by atoms with Gasteiger partial charge in [-0.25, -0.2) is 0 Å². The molecule has 1 fully saturated rings. The molecule has 0 saturated carbocycles. The van der Waals surface area contributed by atoms with E-state index in [0.717, 1.165) is 6.54 Å². The van der Waals surface area contributed by atoms with E-state index in [0.29, 0.717) is 24.8 Å². The molecule has 11 heavy (non-hydrogen) atoms. The third-order valence-corrected chi connectivity index (χ3v) is 2.55. The summed E-state index contributed by atoms with van der Waals surface area (Å²) in [6.45, 7) is 3.68. The Hall–Kier alpha value is -0.570. The largest absolute Gasteiger partial charge is 0.345 e. The average Bonchev–Trinajstić information content (AvgIpc) is 2.31. The van der Waals surface area contributed by atoms with Gasteiger partial charge in [-0.05, 0) is 18.4 Å². The maximum absolute atomic E-state index is 11.1. The molecule has 3 nitrogen and oxygen atoms in total. The normalized spacial score (nSPS) is 27.7. The van der Waals surface area contributed by atoms with Crippen molar-refractivity contribution in [2.75, 3.05) is 20.1 Å². The Balaban J connectivity index is 2.46. The summed E-state index contributed by atoms with van der Waals surface area (Å²) >= 11 is 0. The van der Waals surface area contributed by atoms with Crippen LogP contribution in [0.4, 0.5) is 0 Å². The fourth-order valence-electron chi connectivity index (χ4n) is 1.47. The van der Waals surface area contributed by atoms with Crippen molar-refractivity contribution in [3.8, 4) is 0 Å². The molecule has 0 aromatic rings. The molecule has 2 N–H and O–H groups in total. The van der Waals surface area contributed by atoms with Crippen LogP contribution in [0.15, 0.2) is 0 Å². The van der Waals surface area contributed by atoms with E-state index < -0.39 is 0 Å². The number of carbonyl (C=O) groups excluding carboxylic acids is 1. The fraction of sp³-hybridized carbons (Fsp3) is 0.875. The van der Waals surface area contributed by atoms with Gasteiger partial charge in [0, 0.05) is 20.0 Å². The molecular weight excluding hydrogens is 140 g/mol. The van der Waals surface area contributed by atoms with Crippen LogP contribution in [0, 0.1) is 11.8 Å². The summed E-state index contributed by atoms with van der Waals surface area (Å²) in [5.74, 6) is 1.22. The smallest absolute Gasteiger partial charge is 0.222 e. The van der Waals surface area contributed by atoms with E-state index in [4.69, 9.17) is 5.73 Å². The van der Waals surface area contributed by atoms with E-state index in [9.17, 15) is 4.79 Å². The molecule has 0 aliphatic carbocycles. The highest BCUT2D eigenvalue weighted by atomic mass is 16.2. The second-order valence-electron chi connectivity index (χ2n) is 3.45. The quantitative estimate of drug-likeness (QED) is 0.614. The van der Waals surface area contributed by atoms with Gasteiger partial charge in [-0.1, -0.05) is 6.92 Å². The molecule has 0 aromatic carbocycles. The predicted molar refractivity (Wildman–Crippen MR) is 44.0 cm³/mol. The Bertz CT molecular complexity index is 158. The Morgan fingerprint density at radius 1 is 1.82 bits per heavy atom. The van der Waals surface area contributed by atoms with Crippen molar-refractivity contribution in [2.45, 2.75) is 13.3 Å². The molecule has 2 atom stereocenters. The number of hydrogen-bond donors (Lipinski definition) is 1. The minimum absolute atomic E-state index is 0.260. The van der Waals surface area contributed by atoms with E-state index in [1.54, 1.807) is 4.90 Å². The summed E-state index contributed by atoms with van der Waals surface area (Å²) < 4.78 is 0. The third kappa shape index (κ3) is 1.71. The van der Waals surface area contributed by atoms with Gasteiger partial charge in [0.1, 0.15) is 0 Å². The van der Waals surface area contributed by atoms with Gasteiger partial charge < -0.3 is 10.6 Å². The maximum Gasteiger partial charge on any atom is 0.222 e. The number of rotatable bonds is 2. The maximum atomic E-state index is 11.1. The summed E-state index contributed by atoms with van der Waals surface area (Å²) in [5.41, 5.74) is 5.51. The van der Waals surface area contributed by atoms with Crippen molar-refractivity contribution in [1.29, 1.82) is 0 Å². The van der Waals surface area contributed by atoms with Crippen LogP contribution < -0.4 is 5.73 Å². The monoisotopic (exact) mass is 156 g/mol. The molecule has 0 radical (unpaired) electrons. The van der Waals surface area contributed by atoms with E-state index >= 15 is 0 Å². The van der Waals surface area contributed by atoms with Gasteiger partial charge in [-0.15, -0.1) is 0 Å². The molecule has 1 aliphatic rings. The molecule has 1 amide bonds. The molecule has 0 bridgehead atoms. The van der Waals surface area contributed by atoms with Crippen molar-refractivity contribution in [2.24, 2.45) is 17.6 Å². The number of hydrogen-bond acceptors (Lipinski definition) is 2. The molecule has 3 heteroatoms. The highest BCUT2D eigenvalue weighted by Crippen LogP contribution is 2.22. The first-order valence-electron chi connectivity index (χ1n) is 4.09. The van der Waals surface area contributed by atoms with Gasteiger partial charge in [0.05, 0.1) is 0 Å². The zero-order chi connectivity index (χ0) is 8.43. The SMILES string of the molecule is CC(CN)C1CC(=O)N(C)C1. The van der Waals surface area contributed by atoms with Gasteiger partial charge in [0.25, 0.3) is 0 Å². The first-order valence-corrected chi connectivity index (χ1v) is 4.09. The number of likely N-dealkylation sites (tertiary alicyclic amines) is 1. The van der Waals surface area contributed by atoms with E-state index in [1.165, 1.54) is 0 Å². The van der Waals surface area contributed by atoms with Crippen molar-refractivity contribution >= 4 is 5.91 Å². The molecule has 1 rings (SSSR count). The van der Waals surface area contributed by atoms with Crippen LogP contribution in [-0.4, -0.2) is 30.9 Å². The molecule has 0 spiro atoms. The lowest BCUT2D eigenvalue weighted by Gasteiger charge is -2.15. The fourth-order valence-corrected chi connectivity index (χ4v) is 1.47. The zero-order valence-electron chi connectivity index (χ0n) is 7.21. The van der Waals surface area contributed by atoms with Crippen LogP contribution >= 0.6 is 0 Å². The second kappa shape index (κ2) is 3.22. The molecule has 1 aliphatic heterocycles. The standard InChI is InChI=1S/C8H16N2O/c1-6(4-9)7-3-8(11)10(2)5-7/h6-7H,3-5,9H2,1-2H3. The van der Waals surface area contributed by atoms with Crippen LogP contribution in [0.2, 0.25) is 0 Å². The average molecular weight is 156 g/mol. The minimum Gasteiger partial charge on any atom is -0.345 e. The van der Waals surface area contributed by atoms with Crippen LogP contribution in [-0.2, 0) is 4.79 Å². The summed E-state index contributed by atoms with van der Waals surface area (Å²) in [4.78, 5) is 12.9. The summed E-state index contributed by atoms with van der Waals surface area (Å²) in [5, 5.41) is 0. The lowest BCUT2D eigenvalue weighted by atomic mass is 9.93. The highest BCUT2D eigenvalue weighted by molar-refractivity contribution is 5.78. The molecule has 1 heterocycles. The van der Waals surface area contributed by atoms with E-state index in [2.05, 4.69) is 6.92 Å². The highest BCUT2D eigenvalue weighted by Gasteiger charge is 2.29. The summed E-state index contributed by atoms with van der Waals surface area (Å²) in [7, 11) is 1.85. The topological polar surface area (TPSA) is 46.3 Å². The molecule has 0 aromatic heterocycles. The Kier molecular flexibility index (Phi) is 2.49. The van der Waals surface area contributed by atoms with Crippen LogP contribution in [0.25, 0.3) is 0 Å². The zero-order valence-corrected chi connectivity index (χ0v) is 7.21.